The summed E-state index contributed by atoms with van der Waals surface area (Å²) in [4.78, 5) is 41.9. The number of fused-ring (bicyclic) bond motifs is 3. The van der Waals surface area contributed by atoms with Gasteiger partial charge in [-0.2, -0.15) is 0 Å². The van der Waals surface area contributed by atoms with Crippen molar-refractivity contribution in [1.82, 2.24) is 14.8 Å². The quantitative estimate of drug-likeness (QED) is 0.431. The van der Waals surface area contributed by atoms with Crippen molar-refractivity contribution in [2.75, 3.05) is 26.9 Å². The second kappa shape index (κ2) is 10.3. The molecule has 2 atom stereocenters. The van der Waals surface area contributed by atoms with Gasteiger partial charge in [-0.3, -0.25) is 14.4 Å². The highest BCUT2D eigenvalue weighted by Crippen LogP contribution is 2.46. The standard InChI is InChI=1S/C26H28ClF2N3O5/c1-5-9-32-25(35)21-23(36-4)22(33)16(12-31(21)18-8-10-37-13-26(18,32)14(2)3)24(34)30-11-15-6-7-17(28)19(27)20(15)29/h5-7,12,14,18H,1,8-11,13H2,2-4H3,(H,30,34)/t18-,26-/m0/s1. The SMILES string of the molecule is C=CCN1C(=O)c2c(OC)c(=O)c(C(=O)NCc3ccc(F)c(Cl)c3F)cn2[C@H]2CCOC[C@]21C(C)C. The maximum absolute atomic E-state index is 14.3. The third-order valence-corrected chi connectivity index (χ3v) is 7.59. The zero-order valence-corrected chi connectivity index (χ0v) is 21.5. The summed E-state index contributed by atoms with van der Waals surface area (Å²) in [6.45, 7) is 8.37. The Morgan fingerprint density at radius 2 is 2.11 bits per heavy atom. The number of rotatable bonds is 7. The van der Waals surface area contributed by atoms with Gasteiger partial charge in [0.15, 0.2) is 11.4 Å². The third-order valence-electron chi connectivity index (χ3n) is 7.24. The predicted octanol–water partition coefficient (Wildman–Crippen LogP) is 3.72. The molecule has 3 heterocycles. The van der Waals surface area contributed by atoms with E-state index in [0.29, 0.717) is 13.0 Å². The van der Waals surface area contributed by atoms with Gasteiger partial charge in [0.05, 0.1) is 25.3 Å². The number of carbonyl (C=O) groups is 2. The smallest absolute Gasteiger partial charge is 0.275 e. The number of aromatic nitrogens is 1. The first-order chi connectivity index (χ1) is 17.6. The van der Waals surface area contributed by atoms with Gasteiger partial charge in [0.2, 0.25) is 5.43 Å². The number of hydrogen-bond acceptors (Lipinski definition) is 5. The molecule has 2 aromatic rings. The molecule has 0 bridgehead atoms. The largest absolute Gasteiger partial charge is 0.491 e. The molecule has 0 saturated carbocycles. The summed E-state index contributed by atoms with van der Waals surface area (Å²) in [6.07, 6.45) is 3.51. The number of carbonyl (C=O) groups excluding carboxylic acids is 2. The molecule has 8 nitrogen and oxygen atoms in total. The van der Waals surface area contributed by atoms with E-state index in [4.69, 9.17) is 21.1 Å². The minimum atomic E-state index is -1.00. The van der Waals surface area contributed by atoms with Crippen molar-refractivity contribution in [1.29, 1.82) is 0 Å². The minimum Gasteiger partial charge on any atom is -0.491 e. The van der Waals surface area contributed by atoms with E-state index in [1.807, 2.05) is 13.8 Å². The van der Waals surface area contributed by atoms with Gasteiger partial charge < -0.3 is 24.3 Å². The first-order valence-corrected chi connectivity index (χ1v) is 12.2. The van der Waals surface area contributed by atoms with Crippen LogP contribution < -0.4 is 15.5 Å². The zero-order chi connectivity index (χ0) is 27.1. The van der Waals surface area contributed by atoms with Crippen molar-refractivity contribution in [3.8, 4) is 5.75 Å². The van der Waals surface area contributed by atoms with Crippen LogP contribution in [0.15, 0.2) is 35.8 Å². The summed E-state index contributed by atoms with van der Waals surface area (Å²) >= 11 is 5.63. The van der Waals surface area contributed by atoms with Crippen LogP contribution in [0, 0.1) is 17.6 Å². The van der Waals surface area contributed by atoms with Crippen LogP contribution in [0.1, 0.15) is 52.7 Å². The van der Waals surface area contributed by atoms with Crippen molar-refractivity contribution in [3.63, 3.8) is 0 Å². The molecular formula is C26H28ClF2N3O5. The van der Waals surface area contributed by atoms with E-state index < -0.39 is 39.4 Å². The van der Waals surface area contributed by atoms with E-state index >= 15 is 0 Å². The molecule has 2 aliphatic rings. The first-order valence-electron chi connectivity index (χ1n) is 11.8. The lowest BCUT2D eigenvalue weighted by Gasteiger charge is -2.57. The van der Waals surface area contributed by atoms with Gasteiger partial charge in [0.25, 0.3) is 11.8 Å². The molecule has 2 amide bonds. The van der Waals surface area contributed by atoms with E-state index in [2.05, 4.69) is 11.9 Å². The Labute approximate surface area is 217 Å². The number of amides is 2. The van der Waals surface area contributed by atoms with Crippen molar-refractivity contribution < 1.29 is 27.8 Å². The lowest BCUT2D eigenvalue weighted by atomic mass is 9.73. The van der Waals surface area contributed by atoms with Gasteiger partial charge in [-0.15, -0.1) is 6.58 Å². The second-order valence-electron chi connectivity index (χ2n) is 9.39. The average molecular weight is 536 g/mol. The van der Waals surface area contributed by atoms with Crippen LogP contribution in [0.2, 0.25) is 5.02 Å². The topological polar surface area (TPSA) is 89.9 Å². The van der Waals surface area contributed by atoms with Gasteiger partial charge in [0.1, 0.15) is 22.2 Å². The highest BCUT2D eigenvalue weighted by atomic mass is 35.5. The number of nitrogens with one attached hydrogen (secondary N) is 1. The zero-order valence-electron chi connectivity index (χ0n) is 20.8. The predicted molar refractivity (Wildman–Crippen MR) is 133 cm³/mol. The summed E-state index contributed by atoms with van der Waals surface area (Å²) in [5, 5.41) is 1.80. The summed E-state index contributed by atoms with van der Waals surface area (Å²) in [6, 6.07) is 1.83. The Morgan fingerprint density at radius 1 is 1.38 bits per heavy atom. The van der Waals surface area contributed by atoms with Gasteiger partial charge in [-0.25, -0.2) is 8.78 Å². The molecule has 0 unspecified atom stereocenters. The number of hydrogen-bond donors (Lipinski definition) is 1. The number of nitrogens with zero attached hydrogens (tertiary/aromatic N) is 2. The Hall–Kier alpha value is -3.24. The van der Waals surface area contributed by atoms with Crippen molar-refractivity contribution in [3.05, 3.63) is 74.7 Å². The van der Waals surface area contributed by atoms with Gasteiger partial charge in [-0.05, 0) is 18.4 Å². The average Bonchev–Trinajstić information content (AvgIpc) is 2.88. The summed E-state index contributed by atoms with van der Waals surface area (Å²) in [7, 11) is 1.26. The second-order valence-corrected chi connectivity index (χ2v) is 9.76. The molecular weight excluding hydrogens is 508 g/mol. The van der Waals surface area contributed by atoms with Gasteiger partial charge in [0, 0.05) is 31.5 Å². The fourth-order valence-corrected chi connectivity index (χ4v) is 5.55. The molecule has 11 heteroatoms. The molecule has 0 spiro atoms. The lowest BCUT2D eigenvalue weighted by molar-refractivity contribution is -0.0979. The lowest BCUT2D eigenvalue weighted by Crippen LogP contribution is -2.68. The fourth-order valence-electron chi connectivity index (χ4n) is 5.36. The maximum Gasteiger partial charge on any atom is 0.275 e. The van der Waals surface area contributed by atoms with Crippen LogP contribution in [-0.2, 0) is 11.3 Å². The van der Waals surface area contributed by atoms with E-state index in [9.17, 15) is 23.2 Å². The van der Waals surface area contributed by atoms with Crippen LogP contribution in [0.4, 0.5) is 8.78 Å². The number of benzene rings is 1. The number of ether oxygens (including phenoxy) is 2. The van der Waals surface area contributed by atoms with Crippen LogP contribution >= 0.6 is 11.6 Å². The molecule has 0 aliphatic carbocycles. The van der Waals surface area contributed by atoms with Crippen LogP contribution in [0.25, 0.3) is 0 Å². The van der Waals surface area contributed by atoms with E-state index in [0.717, 1.165) is 12.1 Å². The number of pyridine rings is 1. The molecule has 0 radical (unpaired) electrons. The molecule has 4 rings (SSSR count). The van der Waals surface area contributed by atoms with E-state index in [1.165, 1.54) is 13.3 Å². The Balaban J connectivity index is 1.81. The van der Waals surface area contributed by atoms with Crippen LogP contribution in [-0.4, -0.2) is 53.7 Å². The number of halogens is 3. The molecule has 37 heavy (non-hydrogen) atoms. The highest BCUT2D eigenvalue weighted by Gasteiger charge is 2.56. The molecule has 1 fully saturated rings. The van der Waals surface area contributed by atoms with Crippen molar-refractivity contribution in [2.45, 2.75) is 38.4 Å². The third kappa shape index (κ3) is 4.21. The molecule has 1 saturated heterocycles. The number of methoxy groups -OCH3 is 1. The molecule has 2 aliphatic heterocycles. The van der Waals surface area contributed by atoms with Crippen molar-refractivity contribution in [2.24, 2.45) is 5.92 Å². The van der Waals surface area contributed by atoms with Crippen LogP contribution in [0.5, 0.6) is 5.75 Å². The Bertz CT molecular complexity index is 1330. The first kappa shape index (κ1) is 26.8. The van der Waals surface area contributed by atoms with E-state index in [1.54, 1.807) is 15.5 Å². The molecule has 198 valence electrons. The summed E-state index contributed by atoms with van der Waals surface area (Å²) in [5.41, 5.74) is -1.81. The molecule has 1 aromatic carbocycles. The van der Waals surface area contributed by atoms with Crippen LogP contribution in [0.3, 0.4) is 0 Å². The Morgan fingerprint density at radius 3 is 2.76 bits per heavy atom. The van der Waals surface area contributed by atoms with Crippen molar-refractivity contribution >= 4 is 23.4 Å². The van der Waals surface area contributed by atoms with Gasteiger partial charge >= 0.3 is 0 Å². The normalized spacial score (nSPS) is 20.9. The molecule has 1 N–H and O–H groups in total. The summed E-state index contributed by atoms with van der Waals surface area (Å²) in [5.74, 6) is -3.46. The fraction of sp³-hybridized carbons (Fsp3) is 0.423. The Kier molecular flexibility index (Phi) is 7.43. The van der Waals surface area contributed by atoms with E-state index in [-0.39, 0.29) is 54.2 Å². The van der Waals surface area contributed by atoms with Gasteiger partial charge in [-0.1, -0.05) is 37.6 Å². The minimum absolute atomic E-state index is 0.0382. The summed E-state index contributed by atoms with van der Waals surface area (Å²) < 4.78 is 40.7. The maximum atomic E-state index is 14.3. The molecule has 1 aromatic heterocycles. The highest BCUT2D eigenvalue weighted by molar-refractivity contribution is 6.30. The monoisotopic (exact) mass is 535 g/mol.